The summed E-state index contributed by atoms with van der Waals surface area (Å²) in [5.74, 6) is 0.865. The van der Waals surface area contributed by atoms with Crippen LogP contribution >= 0.6 is 22.7 Å². The van der Waals surface area contributed by atoms with Crippen molar-refractivity contribution in [1.29, 1.82) is 0 Å². The highest BCUT2D eigenvalue weighted by atomic mass is 32.1. The van der Waals surface area contributed by atoms with E-state index in [1.54, 1.807) is 22.7 Å². The highest BCUT2D eigenvalue weighted by Crippen LogP contribution is 2.31. The lowest BCUT2D eigenvalue weighted by molar-refractivity contribution is 0.658. The topological polar surface area (TPSA) is 24.9 Å². The number of rotatable bonds is 4. The summed E-state index contributed by atoms with van der Waals surface area (Å²) in [5.41, 5.74) is 0. The SMILES string of the molecule is CC1CC1NCc1cnc(-c2cccs2)s1. The number of aromatic nitrogens is 1. The van der Waals surface area contributed by atoms with Crippen LogP contribution in [0.3, 0.4) is 0 Å². The van der Waals surface area contributed by atoms with Crippen molar-refractivity contribution >= 4 is 22.7 Å². The number of thiophene rings is 1. The first kappa shape index (κ1) is 10.4. The molecule has 0 aliphatic heterocycles. The van der Waals surface area contributed by atoms with Crippen molar-refractivity contribution in [1.82, 2.24) is 10.3 Å². The van der Waals surface area contributed by atoms with E-state index in [2.05, 4.69) is 34.7 Å². The van der Waals surface area contributed by atoms with Gasteiger partial charge in [0.1, 0.15) is 5.01 Å². The predicted octanol–water partition coefficient (Wildman–Crippen LogP) is 3.37. The Bertz CT molecular complexity index is 461. The number of nitrogens with zero attached hydrogens (tertiary/aromatic N) is 1. The van der Waals surface area contributed by atoms with Gasteiger partial charge in [0.05, 0.1) is 4.88 Å². The smallest absolute Gasteiger partial charge is 0.133 e. The van der Waals surface area contributed by atoms with Crippen LogP contribution in [0.4, 0.5) is 0 Å². The zero-order chi connectivity index (χ0) is 11.0. The van der Waals surface area contributed by atoms with Crippen LogP contribution in [-0.4, -0.2) is 11.0 Å². The van der Waals surface area contributed by atoms with E-state index in [0.717, 1.165) is 23.5 Å². The number of nitrogens with one attached hydrogen (secondary N) is 1. The van der Waals surface area contributed by atoms with Crippen molar-refractivity contribution < 1.29 is 0 Å². The summed E-state index contributed by atoms with van der Waals surface area (Å²) in [6, 6.07) is 4.95. The third kappa shape index (κ3) is 2.19. The van der Waals surface area contributed by atoms with Crippen LogP contribution in [0.5, 0.6) is 0 Å². The Balaban J connectivity index is 1.64. The standard InChI is InChI=1S/C12H14N2S2/c1-8-5-10(8)13-6-9-7-14-12(16-9)11-3-2-4-15-11/h2-4,7-8,10,13H,5-6H2,1H3. The quantitative estimate of drug-likeness (QED) is 0.900. The fourth-order valence-electron chi connectivity index (χ4n) is 1.74. The van der Waals surface area contributed by atoms with Gasteiger partial charge in [-0.3, -0.25) is 0 Å². The van der Waals surface area contributed by atoms with Crippen LogP contribution in [0.1, 0.15) is 18.2 Å². The van der Waals surface area contributed by atoms with Crippen LogP contribution < -0.4 is 5.32 Å². The zero-order valence-corrected chi connectivity index (χ0v) is 10.8. The van der Waals surface area contributed by atoms with E-state index in [9.17, 15) is 0 Å². The van der Waals surface area contributed by atoms with Gasteiger partial charge >= 0.3 is 0 Å². The Kier molecular flexibility index (Phi) is 2.79. The Labute approximate surface area is 103 Å². The van der Waals surface area contributed by atoms with Gasteiger partial charge < -0.3 is 5.32 Å². The molecule has 4 heteroatoms. The fourth-order valence-corrected chi connectivity index (χ4v) is 3.41. The minimum Gasteiger partial charge on any atom is -0.309 e. The van der Waals surface area contributed by atoms with E-state index in [-0.39, 0.29) is 0 Å². The van der Waals surface area contributed by atoms with Crippen molar-refractivity contribution in [2.24, 2.45) is 5.92 Å². The van der Waals surface area contributed by atoms with E-state index in [4.69, 9.17) is 0 Å². The molecule has 16 heavy (non-hydrogen) atoms. The molecule has 1 N–H and O–H groups in total. The molecular weight excluding hydrogens is 236 g/mol. The molecule has 2 heterocycles. The second-order valence-corrected chi connectivity index (χ2v) is 6.37. The van der Waals surface area contributed by atoms with E-state index in [0.29, 0.717) is 0 Å². The average Bonchev–Trinajstić information content (AvgIpc) is 2.82. The molecule has 2 nitrogen and oxygen atoms in total. The molecule has 2 aromatic rings. The summed E-state index contributed by atoms with van der Waals surface area (Å²) < 4.78 is 0. The average molecular weight is 250 g/mol. The fraction of sp³-hybridized carbons (Fsp3) is 0.417. The third-order valence-corrected chi connectivity index (χ3v) is 4.97. The Morgan fingerprint density at radius 2 is 2.44 bits per heavy atom. The maximum absolute atomic E-state index is 4.46. The van der Waals surface area contributed by atoms with Crippen LogP contribution in [0, 0.1) is 5.92 Å². The molecule has 0 saturated heterocycles. The van der Waals surface area contributed by atoms with E-state index in [1.165, 1.54) is 16.2 Å². The number of hydrogen-bond donors (Lipinski definition) is 1. The highest BCUT2D eigenvalue weighted by molar-refractivity contribution is 7.20. The lowest BCUT2D eigenvalue weighted by Gasteiger charge is -1.98. The Hall–Kier alpha value is -0.710. The van der Waals surface area contributed by atoms with Crippen LogP contribution in [0.25, 0.3) is 9.88 Å². The second kappa shape index (κ2) is 4.28. The van der Waals surface area contributed by atoms with E-state index < -0.39 is 0 Å². The molecule has 1 aliphatic rings. The van der Waals surface area contributed by atoms with Gasteiger partial charge in [0.15, 0.2) is 0 Å². The first-order valence-corrected chi connectivity index (χ1v) is 7.24. The zero-order valence-electron chi connectivity index (χ0n) is 9.14. The highest BCUT2D eigenvalue weighted by Gasteiger charge is 2.31. The second-order valence-electron chi connectivity index (χ2n) is 4.31. The maximum Gasteiger partial charge on any atom is 0.133 e. The molecular formula is C12H14N2S2. The number of hydrogen-bond acceptors (Lipinski definition) is 4. The predicted molar refractivity (Wildman–Crippen MR) is 69.8 cm³/mol. The van der Waals surface area contributed by atoms with Gasteiger partial charge in [0, 0.05) is 23.7 Å². The largest absolute Gasteiger partial charge is 0.309 e. The van der Waals surface area contributed by atoms with Gasteiger partial charge in [-0.2, -0.15) is 0 Å². The summed E-state index contributed by atoms with van der Waals surface area (Å²) in [6.45, 7) is 3.26. The summed E-state index contributed by atoms with van der Waals surface area (Å²) >= 11 is 3.55. The van der Waals surface area contributed by atoms with Crippen molar-refractivity contribution in [3.8, 4) is 9.88 Å². The monoisotopic (exact) mass is 250 g/mol. The van der Waals surface area contributed by atoms with Gasteiger partial charge in [-0.15, -0.1) is 22.7 Å². The molecule has 0 spiro atoms. The van der Waals surface area contributed by atoms with Gasteiger partial charge in [-0.1, -0.05) is 13.0 Å². The lowest BCUT2D eigenvalue weighted by Crippen LogP contribution is -2.16. The minimum absolute atomic E-state index is 0.743. The van der Waals surface area contributed by atoms with Crippen molar-refractivity contribution in [3.05, 3.63) is 28.6 Å². The molecule has 0 radical (unpaired) electrons. The Morgan fingerprint density at radius 3 is 3.12 bits per heavy atom. The first-order chi connectivity index (χ1) is 7.83. The summed E-state index contributed by atoms with van der Waals surface area (Å²) in [7, 11) is 0. The molecule has 0 amide bonds. The van der Waals surface area contributed by atoms with Gasteiger partial charge in [-0.25, -0.2) is 4.98 Å². The maximum atomic E-state index is 4.46. The molecule has 1 aliphatic carbocycles. The van der Waals surface area contributed by atoms with Crippen molar-refractivity contribution in [2.75, 3.05) is 0 Å². The Morgan fingerprint density at radius 1 is 1.56 bits per heavy atom. The molecule has 1 fully saturated rings. The summed E-state index contributed by atoms with van der Waals surface area (Å²) in [4.78, 5) is 7.07. The van der Waals surface area contributed by atoms with Crippen molar-refractivity contribution in [2.45, 2.75) is 25.9 Å². The van der Waals surface area contributed by atoms with Gasteiger partial charge in [0.2, 0.25) is 0 Å². The van der Waals surface area contributed by atoms with E-state index >= 15 is 0 Å². The lowest BCUT2D eigenvalue weighted by atomic mass is 10.4. The minimum atomic E-state index is 0.743. The van der Waals surface area contributed by atoms with Crippen LogP contribution in [-0.2, 0) is 6.54 Å². The number of thiazole rings is 1. The molecule has 1 saturated carbocycles. The molecule has 2 atom stereocenters. The van der Waals surface area contributed by atoms with Crippen LogP contribution in [0.2, 0.25) is 0 Å². The molecule has 0 aromatic carbocycles. The molecule has 2 unspecified atom stereocenters. The first-order valence-electron chi connectivity index (χ1n) is 5.55. The van der Waals surface area contributed by atoms with Gasteiger partial charge in [0.25, 0.3) is 0 Å². The molecule has 3 rings (SSSR count). The molecule has 0 bridgehead atoms. The normalized spacial score (nSPS) is 23.6. The molecule has 84 valence electrons. The summed E-state index contributed by atoms with van der Waals surface area (Å²) in [6.07, 6.45) is 3.33. The summed E-state index contributed by atoms with van der Waals surface area (Å²) in [5, 5.41) is 6.80. The third-order valence-electron chi connectivity index (χ3n) is 2.93. The van der Waals surface area contributed by atoms with Crippen LogP contribution in [0.15, 0.2) is 23.7 Å². The van der Waals surface area contributed by atoms with Gasteiger partial charge in [-0.05, 0) is 23.8 Å². The van der Waals surface area contributed by atoms with E-state index in [1.807, 2.05) is 6.20 Å². The molecule has 2 aromatic heterocycles. The van der Waals surface area contributed by atoms with Crippen molar-refractivity contribution in [3.63, 3.8) is 0 Å².